The molecule has 0 spiro atoms. The number of alkyl halides is 3. The molecule has 0 fully saturated rings. The number of benzene rings is 2. The van der Waals surface area contributed by atoms with Gasteiger partial charge in [0.2, 0.25) is 0 Å². The lowest BCUT2D eigenvalue weighted by atomic mass is 9.99. The van der Waals surface area contributed by atoms with Crippen molar-refractivity contribution in [3.8, 4) is 0 Å². The molecule has 1 unspecified atom stereocenters. The fourth-order valence-electron chi connectivity index (χ4n) is 1.75. The Balaban J connectivity index is 2.43. The summed E-state index contributed by atoms with van der Waals surface area (Å²) in [5.41, 5.74) is -1.47. The highest BCUT2D eigenvalue weighted by Crippen LogP contribution is 2.33. The van der Waals surface area contributed by atoms with Gasteiger partial charge in [-0.05, 0) is 35.9 Å². The van der Waals surface area contributed by atoms with E-state index in [-0.39, 0.29) is 5.56 Å². The van der Waals surface area contributed by atoms with Gasteiger partial charge in [-0.25, -0.2) is 8.78 Å². The minimum absolute atomic E-state index is 0.102. The lowest BCUT2D eigenvalue weighted by Gasteiger charge is -2.15. The maximum absolute atomic E-state index is 13.6. The van der Waals surface area contributed by atoms with Gasteiger partial charge >= 0.3 is 6.18 Å². The standard InChI is InChI=1S/C14H9F5O/c15-10-4-1-8(2-5-10)13(20)11-7-9(14(17,18)19)3-6-12(11)16/h1-7,13,20H. The van der Waals surface area contributed by atoms with Gasteiger partial charge in [-0.2, -0.15) is 13.2 Å². The average Bonchev–Trinajstić information content (AvgIpc) is 2.38. The first-order valence-corrected chi connectivity index (χ1v) is 5.59. The van der Waals surface area contributed by atoms with Crippen LogP contribution in [0.1, 0.15) is 22.8 Å². The smallest absolute Gasteiger partial charge is 0.384 e. The Kier molecular flexibility index (Phi) is 3.76. The third-order valence-electron chi connectivity index (χ3n) is 2.80. The normalized spacial score (nSPS) is 13.3. The van der Waals surface area contributed by atoms with Crippen molar-refractivity contribution in [1.29, 1.82) is 0 Å². The summed E-state index contributed by atoms with van der Waals surface area (Å²) >= 11 is 0. The summed E-state index contributed by atoms with van der Waals surface area (Å²) < 4.78 is 64.0. The Labute approximate surface area is 111 Å². The van der Waals surface area contributed by atoms with Crippen LogP contribution in [0.3, 0.4) is 0 Å². The fourth-order valence-corrected chi connectivity index (χ4v) is 1.75. The summed E-state index contributed by atoms with van der Waals surface area (Å²) in [4.78, 5) is 0. The van der Waals surface area contributed by atoms with Crippen LogP contribution in [-0.4, -0.2) is 5.11 Å². The van der Waals surface area contributed by atoms with Crippen LogP contribution in [0.4, 0.5) is 22.0 Å². The zero-order valence-electron chi connectivity index (χ0n) is 9.96. The molecule has 0 radical (unpaired) electrons. The van der Waals surface area contributed by atoms with Crippen LogP contribution in [0.5, 0.6) is 0 Å². The molecular formula is C14H9F5O. The number of rotatable bonds is 2. The molecule has 0 amide bonds. The second-order valence-electron chi connectivity index (χ2n) is 4.19. The summed E-state index contributed by atoms with van der Waals surface area (Å²) in [6.07, 6.45) is -6.23. The molecule has 0 saturated heterocycles. The van der Waals surface area contributed by atoms with E-state index in [0.29, 0.717) is 18.2 Å². The molecule has 6 heteroatoms. The molecule has 0 saturated carbocycles. The molecule has 2 aromatic rings. The van der Waals surface area contributed by atoms with E-state index >= 15 is 0 Å². The summed E-state index contributed by atoms with van der Waals surface area (Å²) in [5.74, 6) is -1.53. The van der Waals surface area contributed by atoms with E-state index in [0.717, 1.165) is 12.1 Å². The van der Waals surface area contributed by atoms with Crippen molar-refractivity contribution < 1.29 is 27.1 Å². The van der Waals surface area contributed by atoms with Crippen LogP contribution < -0.4 is 0 Å². The predicted octanol–water partition coefficient (Wildman–Crippen LogP) is 4.07. The maximum Gasteiger partial charge on any atom is 0.416 e. The van der Waals surface area contributed by atoms with E-state index in [4.69, 9.17) is 0 Å². The lowest BCUT2D eigenvalue weighted by molar-refractivity contribution is -0.137. The molecule has 0 heterocycles. The Morgan fingerprint density at radius 3 is 2.05 bits per heavy atom. The Hall–Kier alpha value is -1.95. The molecule has 0 aromatic heterocycles. The molecule has 0 aliphatic heterocycles. The number of halogens is 5. The Morgan fingerprint density at radius 1 is 0.900 bits per heavy atom. The van der Waals surface area contributed by atoms with E-state index in [9.17, 15) is 27.1 Å². The SMILES string of the molecule is OC(c1ccc(F)cc1)c1cc(C(F)(F)F)ccc1F. The molecule has 1 N–H and O–H groups in total. The summed E-state index contributed by atoms with van der Waals surface area (Å²) in [6.45, 7) is 0. The second kappa shape index (κ2) is 5.20. The zero-order chi connectivity index (χ0) is 14.9. The third kappa shape index (κ3) is 2.96. The number of aliphatic hydroxyl groups excluding tert-OH is 1. The van der Waals surface area contributed by atoms with Crippen molar-refractivity contribution in [2.75, 3.05) is 0 Å². The first-order valence-electron chi connectivity index (χ1n) is 5.59. The van der Waals surface area contributed by atoms with Crippen molar-refractivity contribution in [2.45, 2.75) is 12.3 Å². The maximum atomic E-state index is 13.6. The number of hydrogen-bond donors (Lipinski definition) is 1. The molecule has 0 bridgehead atoms. The Morgan fingerprint density at radius 2 is 1.50 bits per heavy atom. The van der Waals surface area contributed by atoms with Crippen LogP contribution in [0, 0.1) is 11.6 Å². The van der Waals surface area contributed by atoms with Crippen molar-refractivity contribution >= 4 is 0 Å². The quantitative estimate of drug-likeness (QED) is 0.826. The first kappa shape index (κ1) is 14.5. The van der Waals surface area contributed by atoms with E-state index < -0.39 is 35.0 Å². The molecular weight excluding hydrogens is 279 g/mol. The Bertz CT molecular complexity index is 604. The van der Waals surface area contributed by atoms with Gasteiger partial charge < -0.3 is 5.11 Å². The van der Waals surface area contributed by atoms with Gasteiger partial charge in [-0.3, -0.25) is 0 Å². The van der Waals surface area contributed by atoms with Crippen LogP contribution in [0.2, 0.25) is 0 Å². The van der Waals surface area contributed by atoms with Crippen molar-refractivity contribution in [3.05, 3.63) is 70.8 Å². The molecule has 2 aromatic carbocycles. The molecule has 20 heavy (non-hydrogen) atoms. The number of aliphatic hydroxyl groups is 1. The van der Waals surface area contributed by atoms with Gasteiger partial charge in [0, 0.05) is 5.56 Å². The molecule has 106 valence electrons. The summed E-state index contributed by atoms with van der Waals surface area (Å²) in [6, 6.07) is 6.21. The predicted molar refractivity (Wildman–Crippen MR) is 61.9 cm³/mol. The zero-order valence-corrected chi connectivity index (χ0v) is 9.96. The van der Waals surface area contributed by atoms with Gasteiger partial charge in [-0.15, -0.1) is 0 Å². The summed E-state index contributed by atoms with van der Waals surface area (Å²) in [5, 5.41) is 9.92. The van der Waals surface area contributed by atoms with E-state index in [1.165, 1.54) is 12.1 Å². The highest BCUT2D eigenvalue weighted by molar-refractivity contribution is 5.34. The minimum Gasteiger partial charge on any atom is -0.384 e. The van der Waals surface area contributed by atoms with Crippen LogP contribution in [0.25, 0.3) is 0 Å². The minimum atomic E-state index is -4.63. The molecule has 2 rings (SSSR count). The highest BCUT2D eigenvalue weighted by atomic mass is 19.4. The highest BCUT2D eigenvalue weighted by Gasteiger charge is 2.32. The molecule has 0 aliphatic carbocycles. The summed E-state index contributed by atoms with van der Waals surface area (Å²) in [7, 11) is 0. The third-order valence-corrected chi connectivity index (χ3v) is 2.80. The molecule has 0 aliphatic rings. The first-order chi connectivity index (χ1) is 9.29. The molecule has 1 nitrogen and oxygen atoms in total. The van der Waals surface area contributed by atoms with Crippen molar-refractivity contribution in [2.24, 2.45) is 0 Å². The lowest BCUT2D eigenvalue weighted by Crippen LogP contribution is -2.09. The van der Waals surface area contributed by atoms with E-state index in [1.807, 2.05) is 0 Å². The van der Waals surface area contributed by atoms with Gasteiger partial charge in [0.1, 0.15) is 17.7 Å². The second-order valence-corrected chi connectivity index (χ2v) is 4.19. The van der Waals surface area contributed by atoms with Crippen LogP contribution >= 0.6 is 0 Å². The van der Waals surface area contributed by atoms with Crippen LogP contribution in [-0.2, 0) is 6.18 Å². The fraction of sp³-hybridized carbons (Fsp3) is 0.143. The largest absolute Gasteiger partial charge is 0.416 e. The monoisotopic (exact) mass is 288 g/mol. The van der Waals surface area contributed by atoms with Gasteiger partial charge in [0.15, 0.2) is 0 Å². The van der Waals surface area contributed by atoms with E-state index in [2.05, 4.69) is 0 Å². The number of hydrogen-bond acceptors (Lipinski definition) is 1. The van der Waals surface area contributed by atoms with Gasteiger partial charge in [-0.1, -0.05) is 12.1 Å². The van der Waals surface area contributed by atoms with Gasteiger partial charge in [0.05, 0.1) is 5.56 Å². The van der Waals surface area contributed by atoms with Gasteiger partial charge in [0.25, 0.3) is 0 Å². The average molecular weight is 288 g/mol. The van der Waals surface area contributed by atoms with Crippen molar-refractivity contribution in [1.82, 2.24) is 0 Å². The molecule has 1 atom stereocenters. The van der Waals surface area contributed by atoms with Crippen molar-refractivity contribution in [3.63, 3.8) is 0 Å². The topological polar surface area (TPSA) is 20.2 Å². The van der Waals surface area contributed by atoms with Crippen LogP contribution in [0.15, 0.2) is 42.5 Å². The van der Waals surface area contributed by atoms with E-state index in [1.54, 1.807) is 0 Å².